The number of benzene rings is 1. The Kier molecular flexibility index (Phi) is 5.21. The van der Waals surface area contributed by atoms with Gasteiger partial charge in [0.25, 0.3) is 0 Å². The van der Waals surface area contributed by atoms with E-state index in [1.165, 1.54) is 0 Å². The van der Waals surface area contributed by atoms with E-state index in [2.05, 4.69) is 5.32 Å². The third-order valence-corrected chi connectivity index (χ3v) is 2.65. The van der Waals surface area contributed by atoms with Crippen molar-refractivity contribution in [2.24, 2.45) is 5.92 Å². The average molecular weight is 315 g/mol. The zero-order valence-corrected chi connectivity index (χ0v) is 10.4. The van der Waals surface area contributed by atoms with Gasteiger partial charge in [0, 0.05) is 13.1 Å². The van der Waals surface area contributed by atoms with E-state index in [-0.39, 0.29) is 6.54 Å². The summed E-state index contributed by atoms with van der Waals surface area (Å²) in [6.07, 6.45) is -9.38. The average Bonchev–Trinajstić information content (AvgIpc) is 2.32. The minimum absolute atomic E-state index is 0.169. The highest BCUT2D eigenvalue weighted by atomic mass is 19.4. The van der Waals surface area contributed by atoms with Crippen molar-refractivity contribution in [3.63, 3.8) is 0 Å². The van der Waals surface area contributed by atoms with E-state index in [1.54, 1.807) is 0 Å². The van der Waals surface area contributed by atoms with Crippen molar-refractivity contribution in [1.29, 1.82) is 0 Å². The molecule has 1 rings (SSSR count). The number of carboxylic acids is 1. The molecule has 0 saturated carbocycles. The van der Waals surface area contributed by atoms with E-state index >= 15 is 0 Å². The van der Waals surface area contributed by atoms with Gasteiger partial charge in [-0.05, 0) is 17.7 Å². The maximum absolute atomic E-state index is 12.3. The van der Waals surface area contributed by atoms with Gasteiger partial charge in [-0.3, -0.25) is 4.79 Å². The van der Waals surface area contributed by atoms with E-state index in [9.17, 15) is 31.1 Å². The maximum Gasteiger partial charge on any atom is 0.416 e. The highest BCUT2D eigenvalue weighted by Crippen LogP contribution is 2.29. The van der Waals surface area contributed by atoms with Crippen LogP contribution in [0.1, 0.15) is 11.1 Å². The molecule has 0 bridgehead atoms. The van der Waals surface area contributed by atoms with Crippen LogP contribution in [0.25, 0.3) is 0 Å². The van der Waals surface area contributed by atoms with Gasteiger partial charge in [-0.25, -0.2) is 0 Å². The van der Waals surface area contributed by atoms with Crippen LogP contribution in [-0.2, 0) is 17.5 Å². The molecule has 3 nitrogen and oxygen atoms in total. The van der Waals surface area contributed by atoms with Crippen LogP contribution in [0.5, 0.6) is 0 Å². The quantitative estimate of drug-likeness (QED) is 0.821. The highest BCUT2D eigenvalue weighted by molar-refractivity contribution is 5.71. The molecule has 118 valence electrons. The lowest BCUT2D eigenvalue weighted by molar-refractivity contribution is -0.192. The van der Waals surface area contributed by atoms with Crippen LogP contribution in [0.3, 0.4) is 0 Å². The molecule has 1 atom stereocenters. The molecule has 2 N–H and O–H groups in total. The van der Waals surface area contributed by atoms with Gasteiger partial charge in [0.1, 0.15) is 0 Å². The molecule has 0 aliphatic heterocycles. The lowest BCUT2D eigenvalue weighted by Crippen LogP contribution is -2.38. The van der Waals surface area contributed by atoms with Gasteiger partial charge < -0.3 is 10.4 Å². The molecular formula is C12H11F6NO2. The van der Waals surface area contributed by atoms with Crippen molar-refractivity contribution in [1.82, 2.24) is 5.32 Å². The summed E-state index contributed by atoms with van der Waals surface area (Å²) in [5.41, 5.74) is -0.556. The van der Waals surface area contributed by atoms with E-state index < -0.39 is 36.3 Å². The predicted octanol–water partition coefficient (Wildman–Crippen LogP) is 3.06. The van der Waals surface area contributed by atoms with E-state index in [0.29, 0.717) is 5.56 Å². The van der Waals surface area contributed by atoms with Crippen LogP contribution < -0.4 is 5.32 Å². The summed E-state index contributed by atoms with van der Waals surface area (Å²) < 4.78 is 73.9. The smallest absolute Gasteiger partial charge is 0.416 e. The second-order valence-electron chi connectivity index (χ2n) is 4.26. The van der Waals surface area contributed by atoms with Gasteiger partial charge in [0.05, 0.1) is 5.56 Å². The number of alkyl halides is 6. The molecule has 0 spiro atoms. The highest BCUT2D eigenvalue weighted by Gasteiger charge is 2.44. The molecule has 9 heteroatoms. The van der Waals surface area contributed by atoms with Gasteiger partial charge in [0.15, 0.2) is 5.92 Å². The van der Waals surface area contributed by atoms with Crippen LogP contribution in [0.4, 0.5) is 26.3 Å². The monoisotopic (exact) mass is 315 g/mol. The number of aliphatic carboxylic acids is 1. The fourth-order valence-electron chi connectivity index (χ4n) is 1.52. The number of nitrogens with one attached hydrogen (secondary N) is 1. The summed E-state index contributed by atoms with van der Waals surface area (Å²) >= 11 is 0. The molecule has 0 saturated heterocycles. The molecule has 0 aliphatic carbocycles. The Labute approximate surface area is 115 Å². The summed E-state index contributed by atoms with van der Waals surface area (Å²) in [6, 6.07) is 3.82. The summed E-state index contributed by atoms with van der Waals surface area (Å²) in [7, 11) is 0. The van der Waals surface area contributed by atoms with Crippen molar-refractivity contribution >= 4 is 5.97 Å². The van der Waals surface area contributed by atoms with Gasteiger partial charge in [-0.1, -0.05) is 12.1 Å². The third-order valence-electron chi connectivity index (χ3n) is 2.65. The Morgan fingerprint density at radius 3 is 2.00 bits per heavy atom. The third kappa shape index (κ3) is 5.25. The fourth-order valence-corrected chi connectivity index (χ4v) is 1.52. The summed E-state index contributed by atoms with van der Waals surface area (Å²) in [5.74, 6) is -4.57. The molecule has 0 aromatic heterocycles. The van der Waals surface area contributed by atoms with Gasteiger partial charge in [0.2, 0.25) is 0 Å². The number of rotatable bonds is 5. The second-order valence-corrected chi connectivity index (χ2v) is 4.26. The number of halogens is 6. The zero-order valence-electron chi connectivity index (χ0n) is 10.4. The lowest BCUT2D eigenvalue weighted by atomic mass is 10.1. The Morgan fingerprint density at radius 1 is 1.10 bits per heavy atom. The van der Waals surface area contributed by atoms with Crippen LogP contribution >= 0.6 is 0 Å². The van der Waals surface area contributed by atoms with Crippen LogP contribution in [0.2, 0.25) is 0 Å². The number of carbonyl (C=O) groups is 1. The molecule has 0 fully saturated rings. The SMILES string of the molecule is O=C(O)C(CNCc1ccc(C(F)(F)F)cc1)C(F)(F)F. The van der Waals surface area contributed by atoms with Gasteiger partial charge in [-0.2, -0.15) is 26.3 Å². The Bertz CT molecular complexity index is 480. The molecule has 1 aromatic carbocycles. The largest absolute Gasteiger partial charge is 0.481 e. The van der Waals surface area contributed by atoms with Crippen molar-refractivity contribution in [3.8, 4) is 0 Å². The number of hydrogen-bond donors (Lipinski definition) is 2. The van der Waals surface area contributed by atoms with Crippen LogP contribution in [0.15, 0.2) is 24.3 Å². The molecule has 21 heavy (non-hydrogen) atoms. The molecule has 0 aliphatic rings. The van der Waals surface area contributed by atoms with E-state index in [4.69, 9.17) is 5.11 Å². The standard InChI is InChI=1S/C12H11F6NO2/c13-11(14,15)8-3-1-7(2-4-8)5-19-6-9(10(20)21)12(16,17)18/h1-4,9,19H,5-6H2,(H,20,21). The van der Waals surface area contributed by atoms with Gasteiger partial charge >= 0.3 is 18.3 Å². The topological polar surface area (TPSA) is 49.3 Å². The van der Waals surface area contributed by atoms with Crippen molar-refractivity contribution in [3.05, 3.63) is 35.4 Å². The zero-order chi connectivity index (χ0) is 16.3. The molecule has 1 aromatic rings. The first kappa shape index (κ1) is 17.3. The fraction of sp³-hybridized carbons (Fsp3) is 0.417. The Balaban J connectivity index is 2.58. The normalized spacial score (nSPS) is 14.0. The van der Waals surface area contributed by atoms with E-state index in [1.807, 2.05) is 0 Å². The summed E-state index contributed by atoms with van der Waals surface area (Å²) in [5, 5.41) is 10.7. The number of hydrogen-bond acceptors (Lipinski definition) is 2. The molecule has 1 unspecified atom stereocenters. The molecule has 0 heterocycles. The maximum atomic E-state index is 12.3. The Morgan fingerprint density at radius 2 is 1.62 bits per heavy atom. The van der Waals surface area contributed by atoms with Crippen LogP contribution in [0, 0.1) is 5.92 Å². The first-order chi connectivity index (χ1) is 9.51. The van der Waals surface area contributed by atoms with Gasteiger partial charge in [-0.15, -0.1) is 0 Å². The summed E-state index contributed by atoms with van der Waals surface area (Å²) in [6.45, 7) is -1.03. The minimum Gasteiger partial charge on any atom is -0.481 e. The van der Waals surface area contributed by atoms with Crippen molar-refractivity contribution in [2.45, 2.75) is 18.9 Å². The van der Waals surface area contributed by atoms with Crippen molar-refractivity contribution in [2.75, 3.05) is 6.54 Å². The predicted molar refractivity (Wildman–Crippen MR) is 60.3 cm³/mol. The molecular weight excluding hydrogens is 304 g/mol. The minimum atomic E-state index is -4.89. The first-order valence-electron chi connectivity index (χ1n) is 5.68. The summed E-state index contributed by atoms with van der Waals surface area (Å²) in [4.78, 5) is 10.5. The van der Waals surface area contributed by atoms with E-state index in [0.717, 1.165) is 24.3 Å². The van der Waals surface area contributed by atoms with Crippen molar-refractivity contribution < 1.29 is 36.2 Å². The Hall–Kier alpha value is -1.77. The molecule has 0 amide bonds. The lowest BCUT2D eigenvalue weighted by Gasteiger charge is -2.16. The van der Waals surface area contributed by atoms with Crippen LogP contribution in [-0.4, -0.2) is 23.8 Å². The number of carboxylic acid groups (broad SMARTS) is 1. The second kappa shape index (κ2) is 6.33. The molecule has 0 radical (unpaired) electrons. The first-order valence-corrected chi connectivity index (χ1v) is 5.68.